The molecule has 0 unspecified atom stereocenters. The highest BCUT2D eigenvalue weighted by atomic mass is 19.1. The van der Waals surface area contributed by atoms with Gasteiger partial charge in [0.2, 0.25) is 0 Å². The topological polar surface area (TPSA) is 39.8 Å². The van der Waals surface area contributed by atoms with Crippen molar-refractivity contribution >= 4 is 10.8 Å². The molecule has 0 saturated carbocycles. The van der Waals surface area contributed by atoms with Crippen molar-refractivity contribution in [2.24, 2.45) is 0 Å². The molecule has 0 atom stereocenters. The average molecular weight is 333 g/mol. The van der Waals surface area contributed by atoms with E-state index >= 15 is 0 Å². The number of fused-ring (bicyclic) bond motifs is 1. The maximum Gasteiger partial charge on any atom is 0.281 e. The zero-order valence-corrected chi connectivity index (χ0v) is 13.9. The van der Waals surface area contributed by atoms with Crippen molar-refractivity contribution in [1.29, 1.82) is 0 Å². The number of nitrogens with zero attached hydrogens (tertiary/aromatic N) is 3. The highest BCUT2D eigenvalue weighted by molar-refractivity contribution is 5.88. The number of benzene rings is 2. The van der Waals surface area contributed by atoms with E-state index in [1.165, 1.54) is 16.8 Å². The van der Waals surface area contributed by atoms with Gasteiger partial charge >= 0.3 is 0 Å². The molecule has 5 heteroatoms. The van der Waals surface area contributed by atoms with E-state index in [4.69, 9.17) is 0 Å². The molecule has 2 heterocycles. The van der Waals surface area contributed by atoms with E-state index in [0.717, 1.165) is 22.5 Å². The minimum absolute atomic E-state index is 0.251. The normalized spacial score (nSPS) is 11.2. The van der Waals surface area contributed by atoms with E-state index in [0.29, 0.717) is 11.1 Å². The van der Waals surface area contributed by atoms with Gasteiger partial charge in [-0.25, -0.2) is 4.39 Å². The number of halogens is 1. The molecule has 0 radical (unpaired) electrons. The van der Waals surface area contributed by atoms with E-state index in [9.17, 15) is 9.18 Å². The molecular formula is C20H16FN3O. The molecule has 4 nitrogen and oxygen atoms in total. The molecule has 124 valence electrons. The van der Waals surface area contributed by atoms with Gasteiger partial charge in [-0.3, -0.25) is 4.79 Å². The third-order valence-corrected chi connectivity index (χ3v) is 4.47. The quantitative estimate of drug-likeness (QED) is 0.557. The second-order valence-electron chi connectivity index (χ2n) is 5.97. The van der Waals surface area contributed by atoms with Crippen LogP contribution in [0.25, 0.3) is 22.1 Å². The number of hydrogen-bond acceptors (Lipinski definition) is 2. The maximum atomic E-state index is 13.5. The van der Waals surface area contributed by atoms with Crippen LogP contribution in [0.4, 0.5) is 4.39 Å². The van der Waals surface area contributed by atoms with Crippen LogP contribution in [0.15, 0.2) is 65.6 Å². The fourth-order valence-electron chi connectivity index (χ4n) is 3.32. The third-order valence-electron chi connectivity index (χ3n) is 4.47. The van der Waals surface area contributed by atoms with Crippen LogP contribution in [0.3, 0.4) is 0 Å². The van der Waals surface area contributed by atoms with Crippen LogP contribution in [0.5, 0.6) is 0 Å². The van der Waals surface area contributed by atoms with Crippen molar-refractivity contribution in [3.05, 3.63) is 88.4 Å². The Kier molecular flexibility index (Phi) is 3.50. The summed E-state index contributed by atoms with van der Waals surface area (Å²) < 4.78 is 16.8. The van der Waals surface area contributed by atoms with Crippen LogP contribution in [0.2, 0.25) is 0 Å². The Morgan fingerprint density at radius 2 is 1.64 bits per heavy atom. The minimum Gasteiger partial charge on any atom is -0.317 e. The van der Waals surface area contributed by atoms with Crippen molar-refractivity contribution in [2.75, 3.05) is 0 Å². The summed E-state index contributed by atoms with van der Waals surface area (Å²) in [5, 5.41) is 5.65. The number of aromatic nitrogens is 3. The van der Waals surface area contributed by atoms with E-state index < -0.39 is 5.82 Å². The Morgan fingerprint density at radius 1 is 0.920 bits per heavy atom. The van der Waals surface area contributed by atoms with Gasteiger partial charge in [0.25, 0.3) is 5.56 Å². The first kappa shape index (κ1) is 15.3. The fraction of sp³-hybridized carbons (Fsp3) is 0.100. The third kappa shape index (κ3) is 2.36. The summed E-state index contributed by atoms with van der Waals surface area (Å²) in [5.41, 5.74) is 2.95. The Labute approximate surface area is 143 Å². The van der Waals surface area contributed by atoms with Gasteiger partial charge in [0.1, 0.15) is 5.82 Å². The summed E-state index contributed by atoms with van der Waals surface area (Å²) in [6.45, 7) is 3.88. The largest absolute Gasteiger partial charge is 0.317 e. The fourth-order valence-corrected chi connectivity index (χ4v) is 3.32. The molecule has 0 bridgehead atoms. The first-order valence-electron chi connectivity index (χ1n) is 7.99. The molecule has 4 rings (SSSR count). The van der Waals surface area contributed by atoms with Gasteiger partial charge in [-0.15, -0.1) is 0 Å². The van der Waals surface area contributed by atoms with Crippen LogP contribution in [-0.4, -0.2) is 14.3 Å². The monoisotopic (exact) mass is 333 g/mol. The highest BCUT2D eigenvalue weighted by Crippen LogP contribution is 2.26. The van der Waals surface area contributed by atoms with Crippen molar-refractivity contribution in [3.63, 3.8) is 0 Å². The summed E-state index contributed by atoms with van der Waals surface area (Å²) in [6.07, 6.45) is 1.67. The molecule has 0 N–H and O–H groups in total. The predicted octanol–water partition coefficient (Wildman–Crippen LogP) is 3.93. The van der Waals surface area contributed by atoms with Crippen LogP contribution < -0.4 is 5.56 Å². The number of aryl methyl sites for hydroxylation is 2. The zero-order valence-electron chi connectivity index (χ0n) is 13.9. The van der Waals surface area contributed by atoms with Gasteiger partial charge in [-0.1, -0.05) is 24.3 Å². The molecule has 0 aliphatic heterocycles. The molecular weight excluding hydrogens is 317 g/mol. The lowest BCUT2D eigenvalue weighted by Crippen LogP contribution is -2.21. The molecule has 0 aliphatic carbocycles. The van der Waals surface area contributed by atoms with Gasteiger partial charge < -0.3 is 4.57 Å². The highest BCUT2D eigenvalue weighted by Gasteiger charge is 2.17. The molecule has 2 aromatic carbocycles. The summed E-state index contributed by atoms with van der Waals surface area (Å²) in [6, 6.07) is 15.7. The van der Waals surface area contributed by atoms with E-state index in [2.05, 4.69) is 5.10 Å². The zero-order chi connectivity index (χ0) is 17.6. The Bertz CT molecular complexity index is 1140. The summed E-state index contributed by atoms with van der Waals surface area (Å²) >= 11 is 0. The molecule has 0 spiro atoms. The van der Waals surface area contributed by atoms with E-state index in [1.54, 1.807) is 18.3 Å². The van der Waals surface area contributed by atoms with Crippen molar-refractivity contribution in [2.45, 2.75) is 13.8 Å². The SMILES string of the molecule is Cc1c2cnn(-c3cccc(F)c3)c(=O)c2c(C)n1-c1ccccc1. The molecule has 0 aliphatic rings. The van der Waals surface area contributed by atoms with Gasteiger partial charge in [0.15, 0.2) is 0 Å². The van der Waals surface area contributed by atoms with E-state index in [-0.39, 0.29) is 5.56 Å². The molecule has 0 fully saturated rings. The van der Waals surface area contributed by atoms with Crippen LogP contribution in [0, 0.1) is 19.7 Å². The lowest BCUT2D eigenvalue weighted by molar-refractivity contribution is 0.624. The number of para-hydroxylation sites is 1. The lowest BCUT2D eigenvalue weighted by Gasteiger charge is -2.08. The van der Waals surface area contributed by atoms with Crippen molar-refractivity contribution in [1.82, 2.24) is 14.3 Å². The van der Waals surface area contributed by atoms with Crippen LogP contribution in [0.1, 0.15) is 11.4 Å². The Balaban J connectivity index is 2.03. The van der Waals surface area contributed by atoms with Crippen LogP contribution in [-0.2, 0) is 0 Å². The first-order chi connectivity index (χ1) is 12.1. The second kappa shape index (κ2) is 5.70. The molecule has 25 heavy (non-hydrogen) atoms. The van der Waals surface area contributed by atoms with Gasteiger partial charge in [-0.05, 0) is 44.2 Å². The van der Waals surface area contributed by atoms with Crippen molar-refractivity contribution in [3.8, 4) is 11.4 Å². The lowest BCUT2D eigenvalue weighted by atomic mass is 10.2. The van der Waals surface area contributed by atoms with Gasteiger partial charge in [0.05, 0.1) is 17.3 Å². The molecule has 0 saturated heterocycles. The maximum absolute atomic E-state index is 13.5. The predicted molar refractivity (Wildman–Crippen MR) is 96.1 cm³/mol. The molecule has 4 aromatic rings. The van der Waals surface area contributed by atoms with Gasteiger partial charge in [0, 0.05) is 22.5 Å². The first-order valence-corrected chi connectivity index (χ1v) is 7.99. The second-order valence-corrected chi connectivity index (χ2v) is 5.97. The summed E-state index contributed by atoms with van der Waals surface area (Å²) in [4.78, 5) is 13.0. The minimum atomic E-state index is -0.402. The Hall–Kier alpha value is -3.21. The summed E-state index contributed by atoms with van der Waals surface area (Å²) in [5.74, 6) is -0.402. The number of hydrogen-bond donors (Lipinski definition) is 0. The standard InChI is InChI=1S/C20H16FN3O/c1-13-18-12-22-24(17-10-6-7-15(21)11-17)20(25)19(18)14(2)23(13)16-8-4-3-5-9-16/h3-12H,1-2H3. The van der Waals surface area contributed by atoms with Crippen molar-refractivity contribution < 1.29 is 4.39 Å². The average Bonchev–Trinajstić information content (AvgIpc) is 2.87. The molecule has 0 amide bonds. The summed E-state index contributed by atoms with van der Waals surface area (Å²) in [7, 11) is 0. The van der Waals surface area contributed by atoms with Crippen LogP contribution >= 0.6 is 0 Å². The Morgan fingerprint density at radius 3 is 2.36 bits per heavy atom. The number of rotatable bonds is 2. The van der Waals surface area contributed by atoms with Gasteiger partial charge in [-0.2, -0.15) is 9.78 Å². The molecule has 2 aromatic heterocycles. The smallest absolute Gasteiger partial charge is 0.281 e. The van der Waals surface area contributed by atoms with E-state index in [1.807, 2.05) is 48.7 Å².